The second-order valence-corrected chi connectivity index (χ2v) is 5.73. The maximum Gasteiger partial charge on any atom is 0.371 e. The van der Waals surface area contributed by atoms with Crippen LogP contribution in [0, 0.1) is 17.8 Å². The standard InChI is InChI=1S/C13H15NO4/c15-12-6-3-7-5-14(11(12)8(7)4-6)10-2-1-9(18-10)13(16)17/h1-2,6-8,11-12,15H,3-5H2,(H,16,17). The molecule has 1 saturated heterocycles. The lowest BCUT2D eigenvalue weighted by Gasteiger charge is -2.28. The molecule has 3 aliphatic rings. The Bertz CT molecular complexity index is 509. The molecule has 0 spiro atoms. The van der Waals surface area contributed by atoms with E-state index >= 15 is 0 Å². The lowest BCUT2D eigenvalue weighted by molar-refractivity contribution is 0.0662. The van der Waals surface area contributed by atoms with Crippen molar-refractivity contribution in [2.45, 2.75) is 25.0 Å². The summed E-state index contributed by atoms with van der Waals surface area (Å²) in [4.78, 5) is 12.9. The van der Waals surface area contributed by atoms with E-state index in [2.05, 4.69) is 4.90 Å². The van der Waals surface area contributed by atoms with Crippen LogP contribution in [0.4, 0.5) is 5.88 Å². The number of furan rings is 1. The van der Waals surface area contributed by atoms with Gasteiger partial charge in [-0.3, -0.25) is 0 Å². The second kappa shape index (κ2) is 3.29. The van der Waals surface area contributed by atoms with Gasteiger partial charge in [0.25, 0.3) is 0 Å². The number of carboxylic acid groups (broad SMARTS) is 1. The molecular formula is C13H15NO4. The molecular weight excluding hydrogens is 234 g/mol. The first-order valence-corrected chi connectivity index (χ1v) is 6.43. The largest absolute Gasteiger partial charge is 0.475 e. The van der Waals surface area contributed by atoms with E-state index in [1.165, 1.54) is 6.07 Å². The van der Waals surface area contributed by atoms with E-state index in [1.807, 2.05) is 0 Å². The Labute approximate surface area is 104 Å². The molecule has 5 nitrogen and oxygen atoms in total. The van der Waals surface area contributed by atoms with E-state index in [4.69, 9.17) is 9.52 Å². The van der Waals surface area contributed by atoms with Crippen LogP contribution >= 0.6 is 0 Å². The van der Waals surface area contributed by atoms with Crippen LogP contribution in [-0.2, 0) is 0 Å². The first kappa shape index (κ1) is 10.4. The Morgan fingerprint density at radius 2 is 2.17 bits per heavy atom. The summed E-state index contributed by atoms with van der Waals surface area (Å²) >= 11 is 0. The molecule has 5 heteroatoms. The molecule has 2 heterocycles. The predicted octanol–water partition coefficient (Wildman–Crippen LogP) is 1.18. The third-order valence-corrected chi connectivity index (χ3v) is 4.93. The molecule has 1 aromatic heterocycles. The number of carboxylic acids is 1. The molecule has 5 atom stereocenters. The molecule has 1 aromatic rings. The van der Waals surface area contributed by atoms with Crippen LogP contribution in [0.2, 0.25) is 0 Å². The fourth-order valence-electron chi connectivity index (χ4n) is 4.26. The van der Waals surface area contributed by atoms with E-state index < -0.39 is 5.97 Å². The van der Waals surface area contributed by atoms with Crippen LogP contribution in [0.3, 0.4) is 0 Å². The van der Waals surface area contributed by atoms with E-state index in [-0.39, 0.29) is 17.9 Å². The van der Waals surface area contributed by atoms with Crippen molar-refractivity contribution in [1.82, 2.24) is 0 Å². The van der Waals surface area contributed by atoms with Gasteiger partial charge in [-0.2, -0.15) is 0 Å². The molecule has 1 aliphatic heterocycles. The minimum atomic E-state index is -1.05. The van der Waals surface area contributed by atoms with Gasteiger partial charge in [0.15, 0.2) is 5.88 Å². The highest BCUT2D eigenvalue weighted by Crippen LogP contribution is 2.55. The van der Waals surface area contributed by atoms with Gasteiger partial charge in [0.2, 0.25) is 5.76 Å². The molecule has 2 saturated carbocycles. The summed E-state index contributed by atoms with van der Waals surface area (Å²) < 4.78 is 5.37. The molecule has 0 amide bonds. The van der Waals surface area contributed by atoms with Crippen molar-refractivity contribution in [2.75, 3.05) is 11.4 Å². The highest BCUT2D eigenvalue weighted by molar-refractivity contribution is 5.84. The molecule has 0 aromatic carbocycles. The molecule has 0 radical (unpaired) electrons. The monoisotopic (exact) mass is 249 g/mol. The van der Waals surface area contributed by atoms with Gasteiger partial charge in [-0.1, -0.05) is 0 Å². The number of aliphatic hydroxyl groups is 1. The van der Waals surface area contributed by atoms with E-state index in [9.17, 15) is 9.90 Å². The summed E-state index contributed by atoms with van der Waals surface area (Å²) in [5.74, 6) is 1.14. The molecule has 4 rings (SSSR count). The fraction of sp³-hybridized carbons (Fsp3) is 0.615. The number of nitrogens with zero attached hydrogens (tertiary/aromatic N) is 1. The van der Waals surface area contributed by atoms with Crippen LogP contribution in [-0.4, -0.2) is 34.9 Å². The van der Waals surface area contributed by atoms with Crippen molar-refractivity contribution < 1.29 is 19.4 Å². The molecule has 18 heavy (non-hydrogen) atoms. The van der Waals surface area contributed by atoms with Gasteiger partial charge in [0.05, 0.1) is 12.1 Å². The number of aromatic carboxylic acids is 1. The molecule has 3 fully saturated rings. The quantitative estimate of drug-likeness (QED) is 0.823. The van der Waals surface area contributed by atoms with Crippen molar-refractivity contribution >= 4 is 11.9 Å². The zero-order chi connectivity index (χ0) is 12.4. The summed E-state index contributed by atoms with van der Waals surface area (Å²) in [7, 11) is 0. The number of aliphatic hydroxyl groups excluding tert-OH is 1. The molecule has 5 unspecified atom stereocenters. The summed E-state index contributed by atoms with van der Waals surface area (Å²) in [5, 5.41) is 19.1. The van der Waals surface area contributed by atoms with Crippen molar-refractivity contribution in [3.63, 3.8) is 0 Å². The van der Waals surface area contributed by atoms with Gasteiger partial charge in [-0.15, -0.1) is 0 Å². The summed E-state index contributed by atoms with van der Waals surface area (Å²) in [6.07, 6.45) is 1.93. The predicted molar refractivity (Wildman–Crippen MR) is 62.5 cm³/mol. The van der Waals surface area contributed by atoms with Gasteiger partial charge in [0, 0.05) is 12.6 Å². The average molecular weight is 249 g/mol. The Morgan fingerprint density at radius 3 is 2.83 bits per heavy atom. The third-order valence-electron chi connectivity index (χ3n) is 4.93. The topological polar surface area (TPSA) is 73.9 Å². The first-order chi connectivity index (χ1) is 8.65. The van der Waals surface area contributed by atoms with Crippen molar-refractivity contribution in [3.8, 4) is 0 Å². The highest BCUT2D eigenvalue weighted by atomic mass is 16.4. The lowest BCUT2D eigenvalue weighted by atomic mass is 9.88. The third kappa shape index (κ3) is 1.17. The van der Waals surface area contributed by atoms with Crippen molar-refractivity contribution in [3.05, 3.63) is 17.9 Å². The minimum absolute atomic E-state index is 0.0340. The van der Waals surface area contributed by atoms with Crippen molar-refractivity contribution in [2.24, 2.45) is 17.8 Å². The normalized spacial score (nSPS) is 40.7. The minimum Gasteiger partial charge on any atom is -0.475 e. The van der Waals surface area contributed by atoms with Crippen LogP contribution in [0.1, 0.15) is 23.4 Å². The zero-order valence-corrected chi connectivity index (χ0v) is 9.82. The number of carbonyl (C=O) groups is 1. The molecule has 2 aliphatic carbocycles. The molecule has 2 bridgehead atoms. The lowest BCUT2D eigenvalue weighted by Crippen LogP contribution is -2.40. The Morgan fingerprint density at radius 1 is 1.33 bits per heavy atom. The van der Waals surface area contributed by atoms with Crippen LogP contribution in [0.15, 0.2) is 16.5 Å². The first-order valence-electron chi connectivity index (χ1n) is 6.43. The van der Waals surface area contributed by atoms with Crippen LogP contribution in [0.25, 0.3) is 0 Å². The smallest absolute Gasteiger partial charge is 0.371 e. The Hall–Kier alpha value is -1.49. The summed E-state index contributed by atoms with van der Waals surface area (Å²) in [6, 6.07) is 3.31. The molecule has 96 valence electrons. The Kier molecular flexibility index (Phi) is 1.91. The maximum absolute atomic E-state index is 10.8. The number of fused-ring (bicyclic) bond motifs is 1. The van der Waals surface area contributed by atoms with Gasteiger partial charge >= 0.3 is 5.97 Å². The maximum atomic E-state index is 10.8. The summed E-state index contributed by atoms with van der Waals surface area (Å²) in [5.41, 5.74) is 0. The number of rotatable bonds is 2. The fourth-order valence-corrected chi connectivity index (χ4v) is 4.26. The van der Waals surface area contributed by atoms with Gasteiger partial charge < -0.3 is 19.5 Å². The average Bonchev–Trinajstić information content (AvgIpc) is 3.02. The second-order valence-electron chi connectivity index (χ2n) is 5.73. The molecule has 2 N–H and O–H groups in total. The Balaban J connectivity index is 1.67. The van der Waals surface area contributed by atoms with Crippen LogP contribution < -0.4 is 4.90 Å². The number of hydrogen-bond acceptors (Lipinski definition) is 4. The summed E-state index contributed by atoms with van der Waals surface area (Å²) in [6.45, 7) is 0.884. The highest BCUT2D eigenvalue weighted by Gasteiger charge is 2.59. The van der Waals surface area contributed by atoms with Crippen LogP contribution in [0.5, 0.6) is 0 Å². The van der Waals surface area contributed by atoms with Gasteiger partial charge in [-0.25, -0.2) is 4.79 Å². The van der Waals surface area contributed by atoms with Crippen molar-refractivity contribution in [1.29, 1.82) is 0 Å². The number of anilines is 1. The SMILES string of the molecule is O=C(O)c1ccc(N2CC3CC4CC3C2C4O)o1. The zero-order valence-electron chi connectivity index (χ0n) is 9.82. The van der Waals surface area contributed by atoms with E-state index in [0.29, 0.717) is 23.6 Å². The van der Waals surface area contributed by atoms with E-state index in [1.54, 1.807) is 6.07 Å². The van der Waals surface area contributed by atoms with E-state index in [0.717, 1.165) is 19.4 Å². The van der Waals surface area contributed by atoms with Gasteiger partial charge in [-0.05, 0) is 36.7 Å². The van der Waals surface area contributed by atoms with Gasteiger partial charge in [0.1, 0.15) is 0 Å². The number of hydrogen-bond donors (Lipinski definition) is 2.